The lowest BCUT2D eigenvalue weighted by Gasteiger charge is -2.18. The average Bonchev–Trinajstić information content (AvgIpc) is 3.15. The van der Waals surface area contributed by atoms with Crippen LogP contribution in [0, 0.1) is 13.8 Å². The molecule has 0 spiro atoms. The first-order chi connectivity index (χ1) is 13.9. The van der Waals surface area contributed by atoms with E-state index in [2.05, 4.69) is 44.7 Å². The Labute approximate surface area is 169 Å². The number of hydrogen-bond donors (Lipinski definition) is 2. The fourth-order valence-corrected chi connectivity index (χ4v) is 3.49. The molecule has 7 nitrogen and oxygen atoms in total. The molecular formula is C22H24N6O. The molecule has 29 heavy (non-hydrogen) atoms. The fourth-order valence-electron chi connectivity index (χ4n) is 3.49. The van der Waals surface area contributed by atoms with Gasteiger partial charge in [0, 0.05) is 48.7 Å². The third-order valence-electron chi connectivity index (χ3n) is 5.15. The molecule has 0 unspecified atom stereocenters. The minimum absolute atomic E-state index is 0.0887. The Morgan fingerprint density at radius 3 is 2.66 bits per heavy atom. The summed E-state index contributed by atoms with van der Waals surface area (Å²) in [7, 11) is 1.78. The molecule has 1 aromatic carbocycles. The van der Waals surface area contributed by atoms with Crippen LogP contribution in [0.3, 0.4) is 0 Å². The van der Waals surface area contributed by atoms with E-state index in [4.69, 9.17) is 0 Å². The Bertz CT molecular complexity index is 1140. The monoisotopic (exact) mass is 388 g/mol. The molecule has 7 heteroatoms. The van der Waals surface area contributed by atoms with E-state index in [-0.39, 0.29) is 6.03 Å². The Kier molecular flexibility index (Phi) is 4.88. The van der Waals surface area contributed by atoms with E-state index in [0.717, 1.165) is 33.5 Å². The molecule has 0 aliphatic carbocycles. The van der Waals surface area contributed by atoms with Gasteiger partial charge in [0.25, 0.3) is 0 Å². The Morgan fingerprint density at radius 1 is 1.10 bits per heavy atom. The average molecular weight is 388 g/mol. The predicted octanol–water partition coefficient (Wildman–Crippen LogP) is 4.14. The second-order valence-corrected chi connectivity index (χ2v) is 7.37. The standard InChI is InChI=1S/C22H24N6O/c1-13-7-8-28(12-13)22(29)26-17-6-5-14(2)18(10-17)19-9-16-11-24-21(23-4)27-20(16)25-15(19)3/h5-7,9-11H,8,12H2,1-4H3,(H,26,29)(H,23,24,25,27). The summed E-state index contributed by atoms with van der Waals surface area (Å²) in [5, 5.41) is 6.82. The van der Waals surface area contributed by atoms with Crippen LogP contribution in [0.25, 0.3) is 22.2 Å². The Balaban J connectivity index is 1.67. The normalized spacial score (nSPS) is 13.5. The zero-order chi connectivity index (χ0) is 20.5. The van der Waals surface area contributed by atoms with Crippen molar-refractivity contribution in [3.8, 4) is 11.1 Å². The first-order valence-electron chi connectivity index (χ1n) is 9.59. The van der Waals surface area contributed by atoms with Gasteiger partial charge in [0.1, 0.15) is 0 Å². The summed E-state index contributed by atoms with van der Waals surface area (Å²) < 4.78 is 0. The smallest absolute Gasteiger partial charge is 0.322 e. The van der Waals surface area contributed by atoms with E-state index in [1.165, 1.54) is 5.57 Å². The number of urea groups is 1. The summed E-state index contributed by atoms with van der Waals surface area (Å²) in [6.45, 7) is 7.39. The molecule has 0 saturated heterocycles. The molecule has 3 aromatic rings. The second-order valence-electron chi connectivity index (χ2n) is 7.37. The summed E-state index contributed by atoms with van der Waals surface area (Å²) in [4.78, 5) is 27.7. The first kappa shape index (κ1) is 18.9. The number of aromatic nitrogens is 3. The van der Waals surface area contributed by atoms with E-state index in [1.807, 2.05) is 32.0 Å². The van der Waals surface area contributed by atoms with Crippen molar-refractivity contribution in [3.05, 3.63) is 53.4 Å². The maximum Gasteiger partial charge on any atom is 0.322 e. The SMILES string of the molecule is CNc1ncc2cc(-c3cc(NC(=O)N4CC=C(C)C4)ccc3C)c(C)nc2n1. The van der Waals surface area contributed by atoms with Crippen LogP contribution >= 0.6 is 0 Å². The van der Waals surface area contributed by atoms with Gasteiger partial charge in [0.05, 0.1) is 0 Å². The number of aryl methyl sites for hydroxylation is 2. The summed E-state index contributed by atoms with van der Waals surface area (Å²) >= 11 is 0. The highest BCUT2D eigenvalue weighted by Gasteiger charge is 2.18. The molecule has 0 radical (unpaired) electrons. The molecule has 1 aliphatic rings. The summed E-state index contributed by atoms with van der Waals surface area (Å²) in [6, 6.07) is 7.91. The maximum atomic E-state index is 12.5. The largest absolute Gasteiger partial charge is 0.357 e. The van der Waals surface area contributed by atoms with Gasteiger partial charge in [0.15, 0.2) is 5.65 Å². The maximum absolute atomic E-state index is 12.5. The summed E-state index contributed by atoms with van der Waals surface area (Å²) in [5.41, 5.74) is 6.66. The fraction of sp³-hybridized carbons (Fsp3) is 0.273. The van der Waals surface area contributed by atoms with Crippen molar-refractivity contribution in [2.75, 3.05) is 30.8 Å². The number of fused-ring (bicyclic) bond motifs is 1. The number of hydrogen-bond acceptors (Lipinski definition) is 5. The molecule has 3 heterocycles. The molecule has 0 atom stereocenters. The van der Waals surface area contributed by atoms with Crippen molar-refractivity contribution in [3.63, 3.8) is 0 Å². The van der Waals surface area contributed by atoms with Crippen LogP contribution in [0.4, 0.5) is 16.4 Å². The van der Waals surface area contributed by atoms with Crippen LogP contribution in [0.5, 0.6) is 0 Å². The van der Waals surface area contributed by atoms with Gasteiger partial charge >= 0.3 is 6.03 Å². The van der Waals surface area contributed by atoms with Gasteiger partial charge < -0.3 is 15.5 Å². The van der Waals surface area contributed by atoms with Gasteiger partial charge in [-0.2, -0.15) is 4.98 Å². The van der Waals surface area contributed by atoms with Crippen LogP contribution < -0.4 is 10.6 Å². The predicted molar refractivity (Wildman–Crippen MR) is 116 cm³/mol. The van der Waals surface area contributed by atoms with Crippen LogP contribution in [-0.4, -0.2) is 46.0 Å². The van der Waals surface area contributed by atoms with Crippen LogP contribution in [0.1, 0.15) is 18.2 Å². The number of benzene rings is 1. The molecule has 4 rings (SSSR count). The van der Waals surface area contributed by atoms with Crippen LogP contribution in [0.2, 0.25) is 0 Å². The Hall–Kier alpha value is -3.48. The highest BCUT2D eigenvalue weighted by Crippen LogP contribution is 2.31. The number of carbonyl (C=O) groups is 1. The molecule has 0 saturated carbocycles. The van der Waals surface area contributed by atoms with E-state index in [0.29, 0.717) is 24.7 Å². The minimum Gasteiger partial charge on any atom is -0.357 e. The van der Waals surface area contributed by atoms with Gasteiger partial charge in [-0.05, 0) is 50.1 Å². The lowest BCUT2D eigenvalue weighted by Crippen LogP contribution is -2.33. The van der Waals surface area contributed by atoms with Crippen molar-refractivity contribution >= 4 is 28.7 Å². The van der Waals surface area contributed by atoms with Gasteiger partial charge in [-0.25, -0.2) is 14.8 Å². The lowest BCUT2D eigenvalue weighted by molar-refractivity contribution is 0.224. The highest BCUT2D eigenvalue weighted by molar-refractivity contribution is 5.91. The molecule has 1 aliphatic heterocycles. The minimum atomic E-state index is -0.0887. The number of carbonyl (C=O) groups excluding carboxylic acids is 1. The summed E-state index contributed by atoms with van der Waals surface area (Å²) in [5.74, 6) is 0.546. The molecule has 2 aromatic heterocycles. The number of nitrogens with one attached hydrogen (secondary N) is 2. The lowest BCUT2D eigenvalue weighted by atomic mass is 9.98. The summed E-state index contributed by atoms with van der Waals surface area (Å²) in [6.07, 6.45) is 3.85. The molecule has 0 bridgehead atoms. The number of amides is 2. The third kappa shape index (κ3) is 3.76. The first-order valence-corrected chi connectivity index (χ1v) is 9.59. The highest BCUT2D eigenvalue weighted by atomic mass is 16.2. The zero-order valence-corrected chi connectivity index (χ0v) is 17.1. The van der Waals surface area contributed by atoms with E-state index in [1.54, 1.807) is 18.1 Å². The number of anilines is 2. The van der Waals surface area contributed by atoms with Crippen molar-refractivity contribution in [1.29, 1.82) is 0 Å². The quantitative estimate of drug-likeness (QED) is 0.659. The second kappa shape index (κ2) is 7.50. The van der Waals surface area contributed by atoms with Gasteiger partial charge in [0.2, 0.25) is 5.95 Å². The van der Waals surface area contributed by atoms with Crippen molar-refractivity contribution < 1.29 is 4.79 Å². The molecule has 2 amide bonds. The van der Waals surface area contributed by atoms with Crippen molar-refractivity contribution in [2.45, 2.75) is 20.8 Å². The van der Waals surface area contributed by atoms with Crippen molar-refractivity contribution in [2.24, 2.45) is 0 Å². The number of rotatable bonds is 3. The van der Waals surface area contributed by atoms with Gasteiger partial charge in [-0.1, -0.05) is 17.7 Å². The van der Waals surface area contributed by atoms with Crippen LogP contribution in [-0.2, 0) is 0 Å². The van der Waals surface area contributed by atoms with E-state index in [9.17, 15) is 4.79 Å². The molecule has 0 fully saturated rings. The molecular weight excluding hydrogens is 364 g/mol. The van der Waals surface area contributed by atoms with Gasteiger partial charge in [-0.15, -0.1) is 0 Å². The van der Waals surface area contributed by atoms with E-state index >= 15 is 0 Å². The van der Waals surface area contributed by atoms with Crippen molar-refractivity contribution in [1.82, 2.24) is 19.9 Å². The third-order valence-corrected chi connectivity index (χ3v) is 5.15. The van der Waals surface area contributed by atoms with E-state index < -0.39 is 0 Å². The van der Waals surface area contributed by atoms with Crippen LogP contribution in [0.15, 0.2) is 42.1 Å². The zero-order valence-electron chi connectivity index (χ0n) is 17.1. The molecule has 148 valence electrons. The van der Waals surface area contributed by atoms with Gasteiger partial charge in [-0.3, -0.25) is 0 Å². The molecule has 2 N–H and O–H groups in total. The number of pyridine rings is 1. The topological polar surface area (TPSA) is 83.0 Å². The Morgan fingerprint density at radius 2 is 1.93 bits per heavy atom. The number of nitrogens with zero attached hydrogens (tertiary/aromatic N) is 4.